The molecule has 0 radical (unpaired) electrons. The number of halogens is 2. The quantitative estimate of drug-likeness (QED) is 0.173. The van der Waals surface area contributed by atoms with Gasteiger partial charge in [0.05, 0.1) is 11.8 Å². The van der Waals surface area contributed by atoms with Crippen LogP contribution in [0, 0.1) is 11.6 Å². The number of hydrogen-bond donors (Lipinski definition) is 3. The highest BCUT2D eigenvalue weighted by Gasteiger charge is 2.54. The lowest BCUT2D eigenvalue weighted by Crippen LogP contribution is -2.52. The molecule has 5 atom stereocenters. The van der Waals surface area contributed by atoms with E-state index >= 15 is 0 Å². The van der Waals surface area contributed by atoms with E-state index in [0.717, 1.165) is 12.1 Å². The highest BCUT2D eigenvalue weighted by atomic mass is 31.2. The summed E-state index contributed by atoms with van der Waals surface area (Å²) in [5, 5.41) is 6.61. The fourth-order valence-electron chi connectivity index (χ4n) is 6.41. The number of amides is 2. The standard InChI is InChI=1S/C31H37F2N4O12P/c1-5-23(48-50(42,43)44)18(4)47-30(41)46-15-45-27-25-29(40)36-14-24(31(9-8-17(36)3)11-16(2)35-49-31)37(25)13-21(26(27)38)28(39)34-12-19-6-7-20(32)10-22(19)33/h6-7,10,13,17-18,23-24H,5,8-9,11-12,14-15H2,1-4H3,(H,34,39)(H2,42,43,44)/t17-,18-,23-,24+,31-/m0/s1. The Kier molecular flexibility index (Phi) is 10.7. The third-order valence-electron chi connectivity index (χ3n) is 8.98. The van der Waals surface area contributed by atoms with Gasteiger partial charge in [-0.15, -0.1) is 0 Å². The summed E-state index contributed by atoms with van der Waals surface area (Å²) in [7, 11) is -4.90. The molecule has 2 bridgehead atoms. The molecular formula is C31H37F2N4O12P. The average molecular weight is 727 g/mol. The second kappa shape index (κ2) is 14.5. The van der Waals surface area contributed by atoms with Crippen LogP contribution in [0.25, 0.3) is 0 Å². The van der Waals surface area contributed by atoms with E-state index in [4.69, 9.17) is 28.8 Å². The van der Waals surface area contributed by atoms with Crippen LogP contribution in [0.5, 0.6) is 5.75 Å². The van der Waals surface area contributed by atoms with Crippen molar-refractivity contribution >= 4 is 31.5 Å². The number of rotatable bonds is 11. The fraction of sp³-hybridized carbons (Fsp3) is 0.516. The van der Waals surface area contributed by atoms with Crippen molar-refractivity contribution in [2.75, 3.05) is 13.3 Å². The first-order valence-corrected chi connectivity index (χ1v) is 17.3. The summed E-state index contributed by atoms with van der Waals surface area (Å²) >= 11 is 0. The molecule has 1 fully saturated rings. The van der Waals surface area contributed by atoms with E-state index < -0.39 is 91.4 Å². The minimum atomic E-state index is -4.90. The number of phosphoric acid groups is 1. The van der Waals surface area contributed by atoms with E-state index in [-0.39, 0.29) is 30.3 Å². The normalized spacial score (nSPS) is 22.5. The lowest BCUT2D eigenvalue weighted by Gasteiger charge is -2.42. The molecule has 1 saturated heterocycles. The molecule has 272 valence electrons. The van der Waals surface area contributed by atoms with Gasteiger partial charge in [-0.3, -0.25) is 18.9 Å². The fourth-order valence-corrected chi connectivity index (χ4v) is 7.08. The lowest BCUT2D eigenvalue weighted by molar-refractivity contribution is -0.0660. The van der Waals surface area contributed by atoms with E-state index in [1.54, 1.807) is 18.7 Å². The Morgan fingerprint density at radius 2 is 2.00 bits per heavy atom. The number of phosphoric ester groups is 1. The van der Waals surface area contributed by atoms with Gasteiger partial charge in [-0.25, -0.2) is 18.1 Å². The number of oxime groups is 1. The van der Waals surface area contributed by atoms with Gasteiger partial charge < -0.3 is 43.6 Å². The van der Waals surface area contributed by atoms with Gasteiger partial charge >= 0.3 is 14.0 Å². The molecule has 3 N–H and O–H groups in total. The zero-order chi connectivity index (χ0) is 36.5. The summed E-state index contributed by atoms with van der Waals surface area (Å²) in [5.41, 5.74) is -2.07. The van der Waals surface area contributed by atoms with E-state index in [9.17, 15) is 32.5 Å². The van der Waals surface area contributed by atoms with Gasteiger partial charge in [-0.05, 0) is 46.1 Å². The molecule has 0 aliphatic carbocycles. The molecule has 2 aromatic rings. The van der Waals surface area contributed by atoms with Crippen LogP contribution in [-0.2, 0) is 29.9 Å². The number of fused-ring (bicyclic) bond motifs is 5. The molecule has 16 nitrogen and oxygen atoms in total. The number of pyridine rings is 1. The number of benzene rings is 1. The number of hydrogen-bond acceptors (Lipinski definition) is 11. The molecule has 3 aliphatic rings. The SMILES string of the molecule is CC[C@H](OP(=O)(O)O)[C@H](C)OC(=O)OCOc1c2n(cc(C(=O)NCc3ccc(F)cc3F)c1=O)[C@@H]1CN(C2=O)[C@@H](C)CC[C@]12CC(C)=NO2. The molecule has 1 aromatic carbocycles. The van der Waals surface area contributed by atoms with Crippen LogP contribution >= 0.6 is 7.82 Å². The van der Waals surface area contributed by atoms with Crippen LogP contribution in [0.1, 0.15) is 85.8 Å². The molecule has 2 amide bonds. The average Bonchev–Trinajstić information content (AvgIpc) is 3.37. The van der Waals surface area contributed by atoms with Gasteiger partial charge in [-0.1, -0.05) is 18.1 Å². The number of carbonyl (C=O) groups excluding carboxylic acids is 3. The zero-order valence-corrected chi connectivity index (χ0v) is 28.5. The second-order valence-electron chi connectivity index (χ2n) is 12.4. The Morgan fingerprint density at radius 1 is 1.26 bits per heavy atom. The highest BCUT2D eigenvalue weighted by Crippen LogP contribution is 2.46. The van der Waals surface area contributed by atoms with Crippen molar-refractivity contribution in [2.24, 2.45) is 5.16 Å². The molecule has 3 aliphatic heterocycles. The van der Waals surface area contributed by atoms with Crippen molar-refractivity contribution in [3.8, 4) is 5.75 Å². The second-order valence-corrected chi connectivity index (χ2v) is 13.6. The third kappa shape index (κ3) is 7.67. The number of nitrogens with zero attached hydrogens (tertiary/aromatic N) is 3. The Labute approximate surface area is 284 Å². The van der Waals surface area contributed by atoms with Crippen molar-refractivity contribution in [1.29, 1.82) is 0 Å². The first kappa shape index (κ1) is 36.9. The minimum absolute atomic E-state index is 0.0542. The molecule has 50 heavy (non-hydrogen) atoms. The minimum Gasteiger partial charge on any atom is -0.451 e. The largest absolute Gasteiger partial charge is 0.511 e. The summed E-state index contributed by atoms with van der Waals surface area (Å²) in [6, 6.07) is 1.86. The molecule has 5 rings (SSSR count). The Balaban J connectivity index is 1.47. The van der Waals surface area contributed by atoms with Gasteiger partial charge in [0.1, 0.15) is 29.4 Å². The summed E-state index contributed by atoms with van der Waals surface area (Å²) in [6.07, 6.45) is -1.02. The maximum Gasteiger partial charge on any atom is 0.511 e. The van der Waals surface area contributed by atoms with Crippen molar-refractivity contribution in [3.63, 3.8) is 0 Å². The summed E-state index contributed by atoms with van der Waals surface area (Å²) < 4.78 is 60.7. The van der Waals surface area contributed by atoms with Gasteiger partial charge in [-0.2, -0.15) is 0 Å². The summed E-state index contributed by atoms with van der Waals surface area (Å²) in [6.45, 7) is 5.26. The Bertz CT molecular complexity index is 1820. The number of aromatic nitrogens is 1. The van der Waals surface area contributed by atoms with Gasteiger partial charge in [0.2, 0.25) is 18.0 Å². The first-order valence-electron chi connectivity index (χ1n) is 15.8. The number of nitrogens with one attached hydrogen (secondary N) is 1. The number of carbonyl (C=O) groups is 3. The van der Waals surface area contributed by atoms with E-state index in [2.05, 4.69) is 15.0 Å². The molecular weight excluding hydrogens is 689 g/mol. The maximum atomic E-state index is 14.3. The van der Waals surface area contributed by atoms with E-state index in [1.807, 2.05) is 6.92 Å². The molecule has 0 saturated carbocycles. The maximum absolute atomic E-state index is 14.3. The van der Waals surface area contributed by atoms with Crippen LogP contribution in [0.2, 0.25) is 0 Å². The first-order chi connectivity index (χ1) is 23.5. The van der Waals surface area contributed by atoms with Crippen LogP contribution in [0.4, 0.5) is 13.6 Å². The number of ether oxygens (including phenoxy) is 3. The van der Waals surface area contributed by atoms with Crippen LogP contribution < -0.4 is 15.5 Å². The highest BCUT2D eigenvalue weighted by molar-refractivity contribution is 7.46. The van der Waals surface area contributed by atoms with E-state index in [1.165, 1.54) is 17.7 Å². The van der Waals surface area contributed by atoms with Crippen LogP contribution in [0.3, 0.4) is 0 Å². The van der Waals surface area contributed by atoms with Gasteiger partial charge in [0, 0.05) is 43.4 Å². The molecule has 1 spiro atoms. The predicted molar refractivity (Wildman–Crippen MR) is 168 cm³/mol. The van der Waals surface area contributed by atoms with Crippen molar-refractivity contribution < 1.29 is 61.1 Å². The van der Waals surface area contributed by atoms with Crippen molar-refractivity contribution in [2.45, 2.75) is 89.8 Å². The zero-order valence-electron chi connectivity index (χ0n) is 27.6. The van der Waals surface area contributed by atoms with E-state index in [0.29, 0.717) is 31.0 Å². The summed E-state index contributed by atoms with van der Waals surface area (Å²) in [5.74, 6) is -3.91. The smallest absolute Gasteiger partial charge is 0.451 e. The Morgan fingerprint density at radius 3 is 2.64 bits per heavy atom. The molecule has 4 heterocycles. The topological polar surface area (TPSA) is 205 Å². The predicted octanol–water partition coefficient (Wildman–Crippen LogP) is 3.54. The van der Waals surface area contributed by atoms with Crippen molar-refractivity contribution in [1.82, 2.24) is 14.8 Å². The monoisotopic (exact) mass is 726 g/mol. The molecule has 1 aromatic heterocycles. The van der Waals surface area contributed by atoms with Crippen molar-refractivity contribution in [3.05, 3.63) is 63.1 Å². The Hall–Kier alpha value is -4.38. The lowest BCUT2D eigenvalue weighted by atomic mass is 9.84. The van der Waals surface area contributed by atoms with Gasteiger partial charge in [0.15, 0.2) is 11.3 Å². The molecule has 0 unspecified atom stereocenters. The summed E-state index contributed by atoms with van der Waals surface area (Å²) in [4.78, 5) is 79.7. The molecule has 19 heteroatoms. The van der Waals surface area contributed by atoms with Gasteiger partial charge in [0.25, 0.3) is 11.8 Å². The van der Waals surface area contributed by atoms with Crippen LogP contribution in [-0.4, -0.2) is 80.1 Å². The third-order valence-corrected chi connectivity index (χ3v) is 9.53. The van der Waals surface area contributed by atoms with Crippen LogP contribution in [0.15, 0.2) is 34.3 Å².